The maximum Gasteiger partial charge on any atom is 0.416 e. The fourth-order valence-corrected chi connectivity index (χ4v) is 4.53. The van der Waals surface area contributed by atoms with Gasteiger partial charge in [0, 0.05) is 36.9 Å². The van der Waals surface area contributed by atoms with E-state index in [1.807, 2.05) is 6.07 Å². The van der Waals surface area contributed by atoms with Gasteiger partial charge in [0.05, 0.1) is 16.1 Å². The van der Waals surface area contributed by atoms with E-state index >= 15 is 0 Å². The summed E-state index contributed by atoms with van der Waals surface area (Å²) in [4.78, 5) is 16.1. The third kappa shape index (κ3) is 5.29. The first-order valence-electron chi connectivity index (χ1n) is 10.9. The molecule has 0 bridgehead atoms. The molecule has 0 N–H and O–H groups in total. The molecule has 0 unspecified atom stereocenters. The summed E-state index contributed by atoms with van der Waals surface area (Å²) in [6.07, 6.45) is -4.14. The molecular formula is C26H19ClF5N3O. The van der Waals surface area contributed by atoms with E-state index in [9.17, 15) is 32.0 Å². The highest BCUT2D eigenvalue weighted by Crippen LogP contribution is 2.35. The minimum Gasteiger partial charge on any atom is -0.362 e. The maximum atomic E-state index is 13.7. The van der Waals surface area contributed by atoms with E-state index in [1.54, 1.807) is 11.0 Å². The first-order chi connectivity index (χ1) is 17.1. The number of benzene rings is 3. The number of halogens is 6. The SMILES string of the molecule is N#Cc1ccc(N(Cc2ccccc2C(F)(F)F)[C@H]2CCN(C(=O)c3ccc(F)c(F)c3)C2)cc1Cl. The monoisotopic (exact) mass is 519 g/mol. The van der Waals surface area contributed by atoms with Gasteiger partial charge in [-0.15, -0.1) is 0 Å². The van der Waals surface area contributed by atoms with E-state index < -0.39 is 35.3 Å². The minimum absolute atomic E-state index is 0.0232. The molecule has 1 aliphatic heterocycles. The zero-order valence-electron chi connectivity index (χ0n) is 18.7. The van der Waals surface area contributed by atoms with Gasteiger partial charge in [-0.3, -0.25) is 4.79 Å². The number of nitriles is 1. The third-order valence-electron chi connectivity index (χ3n) is 6.13. The molecule has 4 rings (SSSR count). The van der Waals surface area contributed by atoms with Crippen LogP contribution < -0.4 is 4.90 Å². The molecular weight excluding hydrogens is 501 g/mol. The number of carbonyl (C=O) groups excluding carboxylic acids is 1. The fraction of sp³-hybridized carbons (Fsp3) is 0.231. The van der Waals surface area contributed by atoms with Crippen LogP contribution in [0, 0.1) is 23.0 Å². The van der Waals surface area contributed by atoms with E-state index in [-0.39, 0.29) is 41.3 Å². The zero-order chi connectivity index (χ0) is 26.0. The summed E-state index contributed by atoms with van der Waals surface area (Å²) in [5.74, 6) is -2.72. The van der Waals surface area contributed by atoms with Crippen LogP contribution in [0.4, 0.5) is 27.6 Å². The number of carbonyl (C=O) groups is 1. The topological polar surface area (TPSA) is 47.3 Å². The van der Waals surface area contributed by atoms with Crippen LogP contribution in [0.1, 0.15) is 33.5 Å². The van der Waals surface area contributed by atoms with Gasteiger partial charge in [0.25, 0.3) is 5.91 Å². The maximum absolute atomic E-state index is 13.7. The van der Waals surface area contributed by atoms with Gasteiger partial charge in [0.2, 0.25) is 0 Å². The smallest absolute Gasteiger partial charge is 0.362 e. The molecule has 0 spiro atoms. The number of alkyl halides is 3. The standard InChI is InChI=1S/C26H19ClF5N3O/c27-22-12-19(7-5-17(22)13-33)35(14-18-3-1-2-4-21(18)26(30,31)32)20-9-10-34(15-20)25(36)16-6-8-23(28)24(29)11-16/h1-8,11-12,20H,9-10,14-15H2/t20-/m0/s1. The van der Waals surface area contributed by atoms with Crippen molar-refractivity contribution in [3.05, 3.63) is 99.6 Å². The van der Waals surface area contributed by atoms with Crippen LogP contribution in [0.2, 0.25) is 5.02 Å². The van der Waals surface area contributed by atoms with E-state index in [2.05, 4.69) is 0 Å². The molecule has 1 saturated heterocycles. The van der Waals surface area contributed by atoms with Crippen LogP contribution >= 0.6 is 11.6 Å². The lowest BCUT2D eigenvalue weighted by Gasteiger charge is -2.32. The van der Waals surface area contributed by atoms with Crippen molar-refractivity contribution in [2.24, 2.45) is 0 Å². The van der Waals surface area contributed by atoms with Crippen molar-refractivity contribution in [3.63, 3.8) is 0 Å². The lowest BCUT2D eigenvalue weighted by atomic mass is 10.0. The molecule has 0 aliphatic carbocycles. The Morgan fingerprint density at radius 1 is 1.08 bits per heavy atom. The van der Waals surface area contributed by atoms with Crippen molar-refractivity contribution < 1.29 is 26.7 Å². The van der Waals surface area contributed by atoms with Gasteiger partial charge in [0.1, 0.15) is 6.07 Å². The van der Waals surface area contributed by atoms with Gasteiger partial charge in [0.15, 0.2) is 11.6 Å². The Bertz CT molecular complexity index is 1340. The van der Waals surface area contributed by atoms with Crippen LogP contribution in [0.3, 0.4) is 0 Å². The van der Waals surface area contributed by atoms with Crippen LogP contribution in [0.5, 0.6) is 0 Å². The number of hydrogen-bond acceptors (Lipinski definition) is 3. The number of hydrogen-bond donors (Lipinski definition) is 0. The molecule has 1 amide bonds. The summed E-state index contributed by atoms with van der Waals surface area (Å²) in [6.45, 7) is 0.281. The zero-order valence-corrected chi connectivity index (χ0v) is 19.5. The van der Waals surface area contributed by atoms with Crippen LogP contribution in [0.25, 0.3) is 0 Å². The molecule has 1 heterocycles. The first-order valence-corrected chi connectivity index (χ1v) is 11.3. The highest BCUT2D eigenvalue weighted by atomic mass is 35.5. The highest BCUT2D eigenvalue weighted by molar-refractivity contribution is 6.32. The summed E-state index contributed by atoms with van der Waals surface area (Å²) < 4.78 is 68.0. The number of nitrogens with zero attached hydrogens (tertiary/aromatic N) is 3. The van der Waals surface area contributed by atoms with E-state index in [1.165, 1.54) is 41.3 Å². The van der Waals surface area contributed by atoms with Gasteiger partial charge in [-0.1, -0.05) is 29.8 Å². The number of rotatable bonds is 5. The molecule has 36 heavy (non-hydrogen) atoms. The first kappa shape index (κ1) is 25.5. The molecule has 10 heteroatoms. The van der Waals surface area contributed by atoms with Crippen molar-refractivity contribution in [2.75, 3.05) is 18.0 Å². The molecule has 1 atom stereocenters. The Hall–Kier alpha value is -3.64. The lowest BCUT2D eigenvalue weighted by Crippen LogP contribution is -2.39. The van der Waals surface area contributed by atoms with Gasteiger partial charge in [-0.25, -0.2) is 8.78 Å². The molecule has 1 aliphatic rings. The lowest BCUT2D eigenvalue weighted by molar-refractivity contribution is -0.138. The van der Waals surface area contributed by atoms with Gasteiger partial charge in [-0.2, -0.15) is 18.4 Å². The second-order valence-corrected chi connectivity index (χ2v) is 8.79. The molecule has 3 aromatic rings. The van der Waals surface area contributed by atoms with Crippen molar-refractivity contribution in [3.8, 4) is 6.07 Å². The van der Waals surface area contributed by atoms with Gasteiger partial charge >= 0.3 is 6.18 Å². The Kier molecular flexibility index (Phi) is 7.18. The Balaban J connectivity index is 1.66. The van der Waals surface area contributed by atoms with E-state index in [0.29, 0.717) is 12.1 Å². The van der Waals surface area contributed by atoms with Crippen molar-refractivity contribution in [1.29, 1.82) is 5.26 Å². The average molecular weight is 520 g/mol. The second kappa shape index (κ2) is 10.2. The molecule has 4 nitrogen and oxygen atoms in total. The number of anilines is 1. The largest absolute Gasteiger partial charge is 0.416 e. The quantitative estimate of drug-likeness (QED) is 0.365. The molecule has 3 aromatic carbocycles. The second-order valence-electron chi connectivity index (χ2n) is 8.38. The van der Waals surface area contributed by atoms with Gasteiger partial charge < -0.3 is 9.80 Å². The Morgan fingerprint density at radius 3 is 2.50 bits per heavy atom. The summed E-state index contributed by atoms with van der Waals surface area (Å²) >= 11 is 6.21. The summed E-state index contributed by atoms with van der Waals surface area (Å²) in [7, 11) is 0. The molecule has 0 saturated carbocycles. The Morgan fingerprint density at radius 2 is 1.83 bits per heavy atom. The predicted octanol–water partition coefficient (Wildman–Crippen LogP) is 6.43. The molecule has 0 radical (unpaired) electrons. The molecule has 0 aromatic heterocycles. The highest BCUT2D eigenvalue weighted by Gasteiger charge is 2.36. The predicted molar refractivity (Wildman–Crippen MR) is 124 cm³/mol. The minimum atomic E-state index is -4.56. The van der Waals surface area contributed by atoms with E-state index in [0.717, 1.165) is 18.2 Å². The number of amides is 1. The summed E-state index contributed by atoms with van der Waals surface area (Å²) in [6, 6.07) is 14.2. The number of likely N-dealkylation sites (tertiary alicyclic amines) is 1. The van der Waals surface area contributed by atoms with Crippen LogP contribution in [-0.4, -0.2) is 29.9 Å². The summed E-state index contributed by atoms with van der Waals surface area (Å²) in [5, 5.41) is 9.34. The van der Waals surface area contributed by atoms with Crippen molar-refractivity contribution in [1.82, 2.24) is 4.90 Å². The van der Waals surface area contributed by atoms with Crippen LogP contribution in [-0.2, 0) is 12.7 Å². The average Bonchev–Trinajstić information content (AvgIpc) is 3.33. The molecule has 186 valence electrons. The Labute approximate surface area is 209 Å². The third-order valence-corrected chi connectivity index (χ3v) is 6.44. The molecule has 1 fully saturated rings. The van der Waals surface area contributed by atoms with Gasteiger partial charge in [-0.05, 0) is 54.4 Å². The normalized spacial score (nSPS) is 15.6. The van der Waals surface area contributed by atoms with Crippen molar-refractivity contribution >= 4 is 23.2 Å². The van der Waals surface area contributed by atoms with Crippen molar-refractivity contribution in [2.45, 2.75) is 25.2 Å². The van der Waals surface area contributed by atoms with Crippen LogP contribution in [0.15, 0.2) is 60.7 Å². The summed E-state index contributed by atoms with van der Waals surface area (Å²) in [5.41, 5.74) is -0.0519. The fourth-order valence-electron chi connectivity index (χ4n) is 4.32. The van der Waals surface area contributed by atoms with E-state index in [4.69, 9.17) is 11.6 Å².